The monoisotopic (exact) mass is 434 g/mol. The summed E-state index contributed by atoms with van der Waals surface area (Å²) in [7, 11) is 0. The van der Waals surface area contributed by atoms with Gasteiger partial charge >= 0.3 is 0 Å². The quantitative estimate of drug-likeness (QED) is 0.448. The fourth-order valence-electron chi connectivity index (χ4n) is 4.26. The van der Waals surface area contributed by atoms with Gasteiger partial charge in [-0.1, -0.05) is 26.0 Å². The third kappa shape index (κ3) is 4.96. The minimum Gasteiger partial charge on any atom is -0.481 e. The molecule has 4 rings (SSSR count). The first-order chi connectivity index (χ1) is 15.4. The number of nitrogens with one attached hydrogen (secondary N) is 1. The standard InChI is InChI=1S/C24H26N4O4/c1-16-12-17(2)14-27(13-16)22-11-6-18-4-3-5-21(24(18)26-22)32-15-23(29)25-19-7-9-20(10-8-19)28(30)31/h3-11,16-17H,12-15H2,1-2H3,(H,25,29). The van der Waals surface area contributed by atoms with Gasteiger partial charge in [0.1, 0.15) is 17.1 Å². The molecule has 0 saturated carbocycles. The van der Waals surface area contributed by atoms with E-state index in [2.05, 4.69) is 24.1 Å². The summed E-state index contributed by atoms with van der Waals surface area (Å²) in [6, 6.07) is 15.4. The van der Waals surface area contributed by atoms with Crippen molar-refractivity contribution in [3.8, 4) is 5.75 Å². The highest BCUT2D eigenvalue weighted by atomic mass is 16.6. The first-order valence-corrected chi connectivity index (χ1v) is 10.7. The Morgan fingerprint density at radius 3 is 2.53 bits per heavy atom. The van der Waals surface area contributed by atoms with Crippen LogP contribution in [0.2, 0.25) is 0 Å². The van der Waals surface area contributed by atoms with Crippen molar-refractivity contribution < 1.29 is 14.5 Å². The lowest BCUT2D eigenvalue weighted by molar-refractivity contribution is -0.384. The molecule has 2 atom stereocenters. The van der Waals surface area contributed by atoms with E-state index in [1.807, 2.05) is 24.3 Å². The van der Waals surface area contributed by atoms with E-state index in [1.54, 1.807) is 6.07 Å². The van der Waals surface area contributed by atoms with Crippen molar-refractivity contribution in [1.82, 2.24) is 4.98 Å². The van der Waals surface area contributed by atoms with Gasteiger partial charge in [-0.25, -0.2) is 4.98 Å². The molecule has 0 spiro atoms. The molecule has 1 saturated heterocycles. The molecule has 166 valence electrons. The summed E-state index contributed by atoms with van der Waals surface area (Å²) in [5.74, 6) is 2.34. The number of piperidine rings is 1. The Bertz CT molecular complexity index is 1120. The van der Waals surface area contributed by atoms with E-state index >= 15 is 0 Å². The van der Waals surface area contributed by atoms with E-state index in [-0.39, 0.29) is 18.2 Å². The average molecular weight is 434 g/mol. The lowest BCUT2D eigenvalue weighted by Crippen LogP contribution is -2.39. The highest BCUT2D eigenvalue weighted by Crippen LogP contribution is 2.30. The summed E-state index contributed by atoms with van der Waals surface area (Å²) in [5.41, 5.74) is 1.16. The summed E-state index contributed by atoms with van der Waals surface area (Å²) in [4.78, 5) is 29.8. The molecule has 32 heavy (non-hydrogen) atoms. The molecule has 2 unspecified atom stereocenters. The van der Waals surface area contributed by atoms with Crippen LogP contribution in [-0.4, -0.2) is 35.5 Å². The number of nitro groups is 1. The van der Waals surface area contributed by atoms with Gasteiger partial charge in [0.2, 0.25) is 0 Å². The van der Waals surface area contributed by atoms with Gasteiger partial charge in [0.15, 0.2) is 6.61 Å². The number of benzene rings is 2. The maximum Gasteiger partial charge on any atom is 0.269 e. The number of pyridine rings is 1. The van der Waals surface area contributed by atoms with Crippen LogP contribution < -0.4 is 15.0 Å². The number of aromatic nitrogens is 1. The molecular weight excluding hydrogens is 408 g/mol. The lowest BCUT2D eigenvalue weighted by atomic mass is 9.92. The van der Waals surface area contributed by atoms with Crippen LogP contribution in [0.3, 0.4) is 0 Å². The fourth-order valence-corrected chi connectivity index (χ4v) is 4.26. The molecule has 1 amide bonds. The SMILES string of the molecule is CC1CC(C)CN(c2ccc3cccc(OCC(=O)Nc4ccc([N+](=O)[O-])cc4)c3n2)C1. The molecular formula is C24H26N4O4. The molecule has 0 radical (unpaired) electrons. The molecule has 1 aliphatic heterocycles. The van der Waals surface area contributed by atoms with Crippen molar-refractivity contribution in [3.05, 3.63) is 64.7 Å². The highest BCUT2D eigenvalue weighted by molar-refractivity contribution is 5.92. The maximum absolute atomic E-state index is 12.3. The van der Waals surface area contributed by atoms with Crippen molar-refractivity contribution in [2.24, 2.45) is 11.8 Å². The molecule has 0 aliphatic carbocycles. The van der Waals surface area contributed by atoms with Crippen molar-refractivity contribution in [1.29, 1.82) is 0 Å². The summed E-state index contributed by atoms with van der Waals surface area (Å²) in [6.45, 7) is 6.29. The Morgan fingerprint density at radius 1 is 1.12 bits per heavy atom. The van der Waals surface area contributed by atoms with Gasteiger partial charge in [-0.2, -0.15) is 0 Å². The van der Waals surface area contributed by atoms with Gasteiger partial charge < -0.3 is 15.0 Å². The van der Waals surface area contributed by atoms with E-state index in [0.717, 1.165) is 29.8 Å². The Balaban J connectivity index is 1.46. The topological polar surface area (TPSA) is 97.6 Å². The van der Waals surface area contributed by atoms with Crippen molar-refractivity contribution in [2.75, 3.05) is 29.9 Å². The molecule has 1 fully saturated rings. The Labute approximate surface area is 186 Å². The normalized spacial score (nSPS) is 18.4. The minimum atomic E-state index is -0.484. The average Bonchev–Trinajstić information content (AvgIpc) is 2.77. The number of hydrogen-bond acceptors (Lipinski definition) is 6. The molecule has 1 aromatic heterocycles. The summed E-state index contributed by atoms with van der Waals surface area (Å²) >= 11 is 0. The van der Waals surface area contributed by atoms with Crippen molar-refractivity contribution >= 4 is 34.0 Å². The predicted octanol–water partition coefficient (Wildman–Crippen LogP) is 4.64. The van der Waals surface area contributed by atoms with Crippen LogP contribution in [0.5, 0.6) is 5.75 Å². The molecule has 3 aromatic rings. The van der Waals surface area contributed by atoms with E-state index in [4.69, 9.17) is 9.72 Å². The molecule has 2 aromatic carbocycles. The van der Waals surface area contributed by atoms with E-state index < -0.39 is 4.92 Å². The first-order valence-electron chi connectivity index (χ1n) is 10.7. The van der Waals surface area contributed by atoms with E-state index in [1.165, 1.54) is 30.7 Å². The first kappa shape index (κ1) is 21.5. The van der Waals surface area contributed by atoms with Gasteiger partial charge in [0.25, 0.3) is 11.6 Å². The summed E-state index contributed by atoms with van der Waals surface area (Å²) in [5, 5.41) is 14.4. The van der Waals surface area contributed by atoms with Gasteiger partial charge in [0, 0.05) is 36.3 Å². The van der Waals surface area contributed by atoms with Crippen LogP contribution in [0.15, 0.2) is 54.6 Å². The van der Waals surface area contributed by atoms with Crippen LogP contribution in [0.1, 0.15) is 20.3 Å². The largest absolute Gasteiger partial charge is 0.481 e. The highest BCUT2D eigenvalue weighted by Gasteiger charge is 2.23. The Hall–Kier alpha value is -3.68. The number of amides is 1. The van der Waals surface area contributed by atoms with Gasteiger partial charge in [-0.05, 0) is 48.6 Å². The van der Waals surface area contributed by atoms with E-state index in [9.17, 15) is 14.9 Å². The smallest absolute Gasteiger partial charge is 0.269 e. The van der Waals surface area contributed by atoms with Crippen LogP contribution >= 0.6 is 0 Å². The second-order valence-electron chi connectivity index (χ2n) is 8.49. The molecule has 0 bridgehead atoms. The van der Waals surface area contributed by atoms with E-state index in [0.29, 0.717) is 23.3 Å². The van der Waals surface area contributed by atoms with Crippen molar-refractivity contribution in [2.45, 2.75) is 20.3 Å². The summed E-state index contributed by atoms with van der Waals surface area (Å²) in [6.07, 6.45) is 1.22. The number of nitro benzene ring substituents is 1. The zero-order valence-corrected chi connectivity index (χ0v) is 18.2. The third-order valence-corrected chi connectivity index (χ3v) is 5.58. The number of para-hydroxylation sites is 1. The molecule has 8 heteroatoms. The number of rotatable bonds is 6. The van der Waals surface area contributed by atoms with Gasteiger partial charge in [-0.15, -0.1) is 0 Å². The number of fused-ring (bicyclic) bond motifs is 1. The van der Waals surface area contributed by atoms with Crippen molar-refractivity contribution in [3.63, 3.8) is 0 Å². The third-order valence-electron chi connectivity index (χ3n) is 5.58. The summed E-state index contributed by atoms with van der Waals surface area (Å²) < 4.78 is 5.80. The minimum absolute atomic E-state index is 0.0330. The number of carbonyl (C=O) groups is 1. The molecule has 8 nitrogen and oxygen atoms in total. The zero-order valence-electron chi connectivity index (χ0n) is 18.2. The molecule has 2 heterocycles. The number of ether oxygens (including phenoxy) is 1. The lowest BCUT2D eigenvalue weighted by Gasteiger charge is -2.35. The van der Waals surface area contributed by atoms with Crippen LogP contribution in [-0.2, 0) is 4.79 Å². The number of non-ortho nitro benzene ring substituents is 1. The second-order valence-corrected chi connectivity index (χ2v) is 8.49. The molecule has 1 aliphatic rings. The zero-order chi connectivity index (χ0) is 22.7. The predicted molar refractivity (Wildman–Crippen MR) is 124 cm³/mol. The number of nitrogens with zero attached hydrogens (tertiary/aromatic N) is 3. The number of carbonyl (C=O) groups excluding carboxylic acids is 1. The number of anilines is 2. The number of hydrogen-bond donors (Lipinski definition) is 1. The van der Waals surface area contributed by atoms with Crippen LogP contribution in [0.25, 0.3) is 10.9 Å². The van der Waals surface area contributed by atoms with Crippen LogP contribution in [0, 0.1) is 22.0 Å². The van der Waals surface area contributed by atoms with Crippen LogP contribution in [0.4, 0.5) is 17.2 Å². The Morgan fingerprint density at radius 2 is 1.84 bits per heavy atom. The van der Waals surface area contributed by atoms with Gasteiger partial charge in [0.05, 0.1) is 4.92 Å². The Kier molecular flexibility index (Phi) is 6.20. The maximum atomic E-state index is 12.3. The second kappa shape index (κ2) is 9.21. The van der Waals surface area contributed by atoms with Gasteiger partial charge in [-0.3, -0.25) is 14.9 Å². The molecule has 1 N–H and O–H groups in total. The fraction of sp³-hybridized carbons (Fsp3) is 0.333.